The van der Waals surface area contributed by atoms with Crippen LogP contribution < -0.4 is 14.8 Å². The lowest BCUT2D eigenvalue weighted by Crippen LogP contribution is -2.38. The highest BCUT2D eigenvalue weighted by molar-refractivity contribution is 5.79. The second kappa shape index (κ2) is 10.4. The monoisotopic (exact) mass is 371 g/mol. The molecule has 1 N–H and O–H groups in total. The molecule has 0 aliphatic heterocycles. The van der Waals surface area contributed by atoms with E-state index in [1.54, 1.807) is 28.4 Å². The Morgan fingerprint density at radius 1 is 1.00 bits per heavy atom. The Hall–Kier alpha value is -2.73. The zero-order valence-corrected chi connectivity index (χ0v) is 16.8. The van der Waals surface area contributed by atoms with Gasteiger partial charge in [-0.05, 0) is 23.3 Å². The van der Waals surface area contributed by atoms with Crippen LogP contribution in [0.4, 0.5) is 0 Å². The molecule has 0 fully saturated rings. The minimum Gasteiger partial charge on any atom is -0.497 e. The van der Waals surface area contributed by atoms with Gasteiger partial charge in [0.1, 0.15) is 11.5 Å². The first kappa shape index (κ1) is 20.6. The number of hydrogen-bond donors (Lipinski definition) is 1. The Morgan fingerprint density at radius 3 is 2.37 bits per heavy atom. The highest BCUT2D eigenvalue weighted by Gasteiger charge is 2.12. The van der Waals surface area contributed by atoms with Crippen molar-refractivity contribution in [2.75, 3.05) is 35.4 Å². The van der Waals surface area contributed by atoms with E-state index in [2.05, 4.69) is 27.3 Å². The van der Waals surface area contributed by atoms with Gasteiger partial charge in [-0.1, -0.05) is 24.3 Å². The van der Waals surface area contributed by atoms with E-state index >= 15 is 0 Å². The fourth-order valence-electron chi connectivity index (χ4n) is 2.90. The van der Waals surface area contributed by atoms with E-state index in [0.29, 0.717) is 19.7 Å². The predicted octanol–water partition coefficient (Wildman–Crippen LogP) is 3.06. The topological polar surface area (TPSA) is 55.3 Å². The molecular formula is C21H29N3O3. The lowest BCUT2D eigenvalue weighted by Gasteiger charge is -2.23. The molecule has 0 spiro atoms. The molecule has 0 saturated heterocycles. The number of ether oxygens (including phenoxy) is 3. The fourth-order valence-corrected chi connectivity index (χ4v) is 2.90. The number of guanidine groups is 1. The number of nitrogens with zero attached hydrogens (tertiary/aromatic N) is 2. The smallest absolute Gasteiger partial charge is 0.193 e. The van der Waals surface area contributed by atoms with Crippen molar-refractivity contribution in [2.45, 2.75) is 19.7 Å². The van der Waals surface area contributed by atoms with E-state index in [-0.39, 0.29) is 0 Å². The molecule has 0 radical (unpaired) electrons. The number of aliphatic imine (C=N–C) groups is 1. The van der Waals surface area contributed by atoms with Crippen LogP contribution in [-0.2, 0) is 24.4 Å². The van der Waals surface area contributed by atoms with Crippen LogP contribution in [0.25, 0.3) is 0 Å². The number of hydrogen-bond acceptors (Lipinski definition) is 4. The summed E-state index contributed by atoms with van der Waals surface area (Å²) in [6.07, 6.45) is 0. The maximum atomic E-state index is 5.49. The van der Waals surface area contributed by atoms with E-state index in [1.807, 2.05) is 37.4 Å². The minimum absolute atomic E-state index is 0.593. The quantitative estimate of drug-likeness (QED) is 0.571. The highest BCUT2D eigenvalue weighted by Crippen LogP contribution is 2.25. The van der Waals surface area contributed by atoms with Crippen molar-refractivity contribution in [3.05, 3.63) is 59.2 Å². The van der Waals surface area contributed by atoms with Crippen molar-refractivity contribution >= 4 is 5.96 Å². The standard InChI is InChI=1S/C21H29N3O3/c1-22-21(23-13-16-8-6-7-9-18(16)15-25-3)24(2)14-17-10-11-19(26-4)12-20(17)27-5/h6-12H,13-15H2,1-5H3,(H,22,23). The average molecular weight is 371 g/mol. The molecule has 0 aliphatic rings. The van der Waals surface area contributed by atoms with Crippen LogP contribution >= 0.6 is 0 Å². The molecule has 0 amide bonds. The van der Waals surface area contributed by atoms with Crippen molar-refractivity contribution in [3.63, 3.8) is 0 Å². The van der Waals surface area contributed by atoms with E-state index in [4.69, 9.17) is 14.2 Å². The van der Waals surface area contributed by atoms with Crippen molar-refractivity contribution < 1.29 is 14.2 Å². The van der Waals surface area contributed by atoms with Crippen molar-refractivity contribution in [2.24, 2.45) is 4.99 Å². The van der Waals surface area contributed by atoms with Gasteiger partial charge in [0.2, 0.25) is 0 Å². The van der Waals surface area contributed by atoms with Crippen molar-refractivity contribution in [3.8, 4) is 11.5 Å². The SMILES string of the molecule is CN=C(NCc1ccccc1COC)N(C)Cc1ccc(OC)cc1OC. The van der Waals surface area contributed by atoms with Gasteiger partial charge in [-0.25, -0.2) is 0 Å². The normalized spacial score (nSPS) is 11.2. The second-order valence-electron chi connectivity index (χ2n) is 6.14. The average Bonchev–Trinajstić information content (AvgIpc) is 2.70. The van der Waals surface area contributed by atoms with Crippen LogP contribution in [0, 0.1) is 0 Å². The third-order valence-electron chi connectivity index (χ3n) is 4.33. The lowest BCUT2D eigenvalue weighted by atomic mass is 10.1. The van der Waals surface area contributed by atoms with E-state index < -0.39 is 0 Å². The van der Waals surface area contributed by atoms with Gasteiger partial charge in [0, 0.05) is 45.9 Å². The lowest BCUT2D eigenvalue weighted by molar-refractivity contribution is 0.184. The Morgan fingerprint density at radius 2 is 1.74 bits per heavy atom. The summed E-state index contributed by atoms with van der Waals surface area (Å²) in [6, 6.07) is 14.1. The van der Waals surface area contributed by atoms with Gasteiger partial charge in [-0.2, -0.15) is 0 Å². The Labute approximate surface area is 161 Å². The largest absolute Gasteiger partial charge is 0.497 e. The third-order valence-corrected chi connectivity index (χ3v) is 4.33. The van der Waals surface area contributed by atoms with E-state index in [1.165, 1.54) is 11.1 Å². The van der Waals surface area contributed by atoms with E-state index in [9.17, 15) is 0 Å². The molecule has 146 valence electrons. The number of rotatable bonds is 8. The molecule has 0 saturated carbocycles. The maximum absolute atomic E-state index is 5.49. The zero-order chi connectivity index (χ0) is 19.6. The van der Waals surface area contributed by atoms with Crippen LogP contribution in [0.1, 0.15) is 16.7 Å². The molecule has 6 heteroatoms. The van der Waals surface area contributed by atoms with Crippen LogP contribution in [0.15, 0.2) is 47.5 Å². The van der Waals surface area contributed by atoms with Crippen LogP contribution in [-0.4, -0.2) is 46.3 Å². The summed E-state index contributed by atoms with van der Waals surface area (Å²) >= 11 is 0. The van der Waals surface area contributed by atoms with Crippen molar-refractivity contribution in [1.29, 1.82) is 0 Å². The summed E-state index contributed by atoms with van der Waals surface area (Å²) in [5.74, 6) is 2.37. The number of nitrogens with one attached hydrogen (secondary N) is 1. The van der Waals surface area contributed by atoms with Gasteiger partial charge < -0.3 is 24.4 Å². The second-order valence-corrected chi connectivity index (χ2v) is 6.14. The summed E-state index contributed by atoms with van der Waals surface area (Å²) in [7, 11) is 8.80. The Balaban J connectivity index is 2.06. The Bertz CT molecular complexity index is 762. The maximum Gasteiger partial charge on any atom is 0.193 e. The minimum atomic E-state index is 0.593. The number of benzene rings is 2. The molecular weight excluding hydrogens is 342 g/mol. The number of methoxy groups -OCH3 is 3. The fraction of sp³-hybridized carbons (Fsp3) is 0.381. The third kappa shape index (κ3) is 5.62. The molecule has 0 atom stereocenters. The molecule has 2 rings (SSSR count). The first-order valence-corrected chi connectivity index (χ1v) is 8.81. The molecule has 0 unspecified atom stereocenters. The molecule has 0 bridgehead atoms. The molecule has 27 heavy (non-hydrogen) atoms. The summed E-state index contributed by atoms with van der Waals surface area (Å²) in [4.78, 5) is 6.46. The molecule has 0 aromatic heterocycles. The summed E-state index contributed by atoms with van der Waals surface area (Å²) in [6.45, 7) is 1.93. The van der Waals surface area contributed by atoms with Crippen LogP contribution in [0.2, 0.25) is 0 Å². The molecule has 2 aromatic carbocycles. The van der Waals surface area contributed by atoms with Gasteiger partial charge >= 0.3 is 0 Å². The molecule has 6 nitrogen and oxygen atoms in total. The summed E-state index contributed by atoms with van der Waals surface area (Å²) in [5, 5.41) is 3.42. The predicted molar refractivity (Wildman–Crippen MR) is 108 cm³/mol. The van der Waals surface area contributed by atoms with Gasteiger partial charge in [0.25, 0.3) is 0 Å². The van der Waals surface area contributed by atoms with Gasteiger partial charge in [0.15, 0.2) is 5.96 Å². The first-order chi connectivity index (χ1) is 13.1. The van der Waals surface area contributed by atoms with Crippen molar-refractivity contribution in [1.82, 2.24) is 10.2 Å². The summed E-state index contributed by atoms with van der Waals surface area (Å²) < 4.78 is 16.0. The van der Waals surface area contributed by atoms with Crippen LogP contribution in [0.5, 0.6) is 11.5 Å². The summed E-state index contributed by atoms with van der Waals surface area (Å²) in [5.41, 5.74) is 3.42. The molecule has 2 aromatic rings. The molecule has 0 aliphatic carbocycles. The Kier molecular flexibility index (Phi) is 7.95. The highest BCUT2D eigenvalue weighted by atomic mass is 16.5. The molecule has 0 heterocycles. The zero-order valence-electron chi connectivity index (χ0n) is 16.8. The van der Waals surface area contributed by atoms with Gasteiger partial charge in [-0.15, -0.1) is 0 Å². The van der Waals surface area contributed by atoms with E-state index in [0.717, 1.165) is 23.0 Å². The first-order valence-electron chi connectivity index (χ1n) is 8.81. The van der Waals surface area contributed by atoms with Crippen LogP contribution in [0.3, 0.4) is 0 Å². The van der Waals surface area contributed by atoms with Gasteiger partial charge in [0.05, 0.1) is 20.8 Å². The van der Waals surface area contributed by atoms with Gasteiger partial charge in [-0.3, -0.25) is 4.99 Å².